The maximum absolute atomic E-state index is 11.6. The quantitative estimate of drug-likeness (QED) is 0.802. The van der Waals surface area contributed by atoms with E-state index in [2.05, 4.69) is 15.3 Å². The van der Waals surface area contributed by atoms with Gasteiger partial charge in [-0.1, -0.05) is 12.1 Å². The number of aromatic amines is 1. The minimum Gasteiger partial charge on any atom is -0.497 e. The molecule has 0 saturated carbocycles. The van der Waals surface area contributed by atoms with Crippen LogP contribution in [0.2, 0.25) is 0 Å². The third-order valence-electron chi connectivity index (χ3n) is 2.51. The van der Waals surface area contributed by atoms with Crippen LogP contribution in [-0.4, -0.2) is 23.0 Å². The molecule has 19 heavy (non-hydrogen) atoms. The van der Waals surface area contributed by atoms with Gasteiger partial charge in [-0.15, -0.1) is 0 Å². The first-order valence-electron chi connectivity index (χ1n) is 5.86. The number of nitrogens with one attached hydrogen (secondary N) is 2. The maximum Gasteiger partial charge on any atom is 0.244 e. The van der Waals surface area contributed by atoms with E-state index in [0.29, 0.717) is 6.54 Å². The smallest absolute Gasteiger partial charge is 0.244 e. The average molecular weight is 257 g/mol. The van der Waals surface area contributed by atoms with Gasteiger partial charge in [0.2, 0.25) is 5.91 Å². The molecular formula is C14H15N3O2. The van der Waals surface area contributed by atoms with Crippen LogP contribution >= 0.6 is 0 Å². The van der Waals surface area contributed by atoms with E-state index in [-0.39, 0.29) is 5.91 Å². The highest BCUT2D eigenvalue weighted by Crippen LogP contribution is 2.13. The van der Waals surface area contributed by atoms with Crippen LogP contribution in [0.15, 0.2) is 42.7 Å². The van der Waals surface area contributed by atoms with Crippen molar-refractivity contribution >= 4 is 12.0 Å². The summed E-state index contributed by atoms with van der Waals surface area (Å²) in [5.74, 6) is 1.32. The van der Waals surface area contributed by atoms with E-state index in [1.807, 2.05) is 24.3 Å². The highest BCUT2D eigenvalue weighted by Gasteiger charge is 1.98. The van der Waals surface area contributed by atoms with Crippen LogP contribution in [0.3, 0.4) is 0 Å². The van der Waals surface area contributed by atoms with Gasteiger partial charge in [0.1, 0.15) is 11.6 Å². The lowest BCUT2D eigenvalue weighted by Crippen LogP contribution is -2.20. The summed E-state index contributed by atoms with van der Waals surface area (Å²) in [5.41, 5.74) is 0.910. The van der Waals surface area contributed by atoms with Gasteiger partial charge in [-0.05, 0) is 23.8 Å². The number of hydrogen-bond donors (Lipinski definition) is 2. The number of methoxy groups -OCH3 is 1. The number of carbonyl (C=O) groups is 1. The molecule has 98 valence electrons. The summed E-state index contributed by atoms with van der Waals surface area (Å²) in [6.45, 7) is 0.383. The number of amides is 1. The van der Waals surface area contributed by atoms with Crippen LogP contribution in [0.5, 0.6) is 5.75 Å². The summed E-state index contributed by atoms with van der Waals surface area (Å²) in [6, 6.07) is 7.49. The minimum absolute atomic E-state index is 0.167. The Morgan fingerprint density at radius 3 is 3.16 bits per heavy atom. The zero-order valence-corrected chi connectivity index (χ0v) is 10.6. The first-order valence-corrected chi connectivity index (χ1v) is 5.86. The summed E-state index contributed by atoms with van der Waals surface area (Å²) < 4.78 is 5.11. The normalized spacial score (nSPS) is 10.6. The predicted octanol–water partition coefficient (Wildman–Crippen LogP) is 1.75. The second kappa shape index (κ2) is 6.39. The van der Waals surface area contributed by atoms with Crippen molar-refractivity contribution < 1.29 is 9.53 Å². The number of carbonyl (C=O) groups excluding carboxylic acids is 1. The fraction of sp³-hybridized carbons (Fsp3) is 0.143. The lowest BCUT2D eigenvalue weighted by molar-refractivity contribution is -0.116. The summed E-state index contributed by atoms with van der Waals surface area (Å²) in [5, 5.41) is 2.73. The van der Waals surface area contributed by atoms with Gasteiger partial charge < -0.3 is 15.0 Å². The summed E-state index contributed by atoms with van der Waals surface area (Å²) >= 11 is 0. The molecule has 0 aliphatic carbocycles. The van der Waals surface area contributed by atoms with Crippen LogP contribution in [-0.2, 0) is 11.3 Å². The van der Waals surface area contributed by atoms with E-state index < -0.39 is 0 Å². The molecule has 1 heterocycles. The Hall–Kier alpha value is -2.56. The van der Waals surface area contributed by atoms with Gasteiger partial charge in [0.05, 0.1) is 13.7 Å². The molecule has 0 fully saturated rings. The molecule has 5 nitrogen and oxygen atoms in total. The number of hydrogen-bond acceptors (Lipinski definition) is 3. The van der Waals surface area contributed by atoms with Gasteiger partial charge in [-0.2, -0.15) is 0 Å². The molecule has 0 bridgehead atoms. The second-order valence-electron chi connectivity index (χ2n) is 3.86. The molecule has 1 aromatic heterocycles. The van der Waals surface area contributed by atoms with Crippen molar-refractivity contribution in [3.8, 4) is 5.75 Å². The number of H-pyrrole nitrogens is 1. The topological polar surface area (TPSA) is 67.0 Å². The van der Waals surface area contributed by atoms with Crippen molar-refractivity contribution in [1.82, 2.24) is 15.3 Å². The van der Waals surface area contributed by atoms with Crippen molar-refractivity contribution in [2.24, 2.45) is 0 Å². The third-order valence-corrected chi connectivity index (χ3v) is 2.51. The van der Waals surface area contributed by atoms with Gasteiger partial charge >= 0.3 is 0 Å². The van der Waals surface area contributed by atoms with Crippen LogP contribution in [0, 0.1) is 0 Å². The molecule has 0 spiro atoms. The first kappa shape index (κ1) is 12.9. The first-order chi connectivity index (χ1) is 9.28. The van der Waals surface area contributed by atoms with E-state index >= 15 is 0 Å². The lowest BCUT2D eigenvalue weighted by Gasteiger charge is -2.00. The van der Waals surface area contributed by atoms with Crippen LogP contribution in [0.4, 0.5) is 0 Å². The number of rotatable bonds is 5. The molecule has 5 heteroatoms. The highest BCUT2D eigenvalue weighted by molar-refractivity contribution is 5.91. The minimum atomic E-state index is -0.167. The molecule has 0 unspecified atom stereocenters. The Morgan fingerprint density at radius 1 is 1.53 bits per heavy atom. The largest absolute Gasteiger partial charge is 0.497 e. The Balaban J connectivity index is 1.88. The predicted molar refractivity (Wildman–Crippen MR) is 72.5 cm³/mol. The number of benzene rings is 1. The van der Waals surface area contributed by atoms with Crippen molar-refractivity contribution in [2.75, 3.05) is 7.11 Å². The lowest BCUT2D eigenvalue weighted by atomic mass is 10.2. The number of ether oxygens (including phenoxy) is 1. The van der Waals surface area contributed by atoms with Crippen molar-refractivity contribution in [1.29, 1.82) is 0 Å². The average Bonchev–Trinajstić information content (AvgIpc) is 2.96. The monoisotopic (exact) mass is 257 g/mol. The van der Waals surface area contributed by atoms with Gasteiger partial charge in [0.25, 0.3) is 0 Å². The van der Waals surface area contributed by atoms with Gasteiger partial charge in [0, 0.05) is 18.5 Å². The van der Waals surface area contributed by atoms with Crippen LogP contribution < -0.4 is 10.1 Å². The standard InChI is InChI=1S/C14H15N3O2/c1-19-12-4-2-3-11(9-12)5-6-14(18)17-10-13-15-7-8-16-13/h2-9H,10H2,1H3,(H,15,16)(H,17,18). The van der Waals surface area contributed by atoms with E-state index in [9.17, 15) is 4.79 Å². The zero-order valence-electron chi connectivity index (χ0n) is 10.6. The van der Waals surface area contributed by atoms with Crippen molar-refractivity contribution in [3.63, 3.8) is 0 Å². The molecular weight excluding hydrogens is 242 g/mol. The number of imidazole rings is 1. The summed E-state index contributed by atoms with van der Waals surface area (Å²) in [7, 11) is 1.61. The Kier molecular flexibility index (Phi) is 4.34. The summed E-state index contributed by atoms with van der Waals surface area (Å²) in [4.78, 5) is 18.5. The Bertz CT molecular complexity index is 562. The van der Waals surface area contributed by atoms with Gasteiger partial charge in [-0.25, -0.2) is 4.98 Å². The zero-order chi connectivity index (χ0) is 13.5. The molecule has 0 radical (unpaired) electrons. The number of aromatic nitrogens is 2. The van der Waals surface area contributed by atoms with Gasteiger partial charge in [0.15, 0.2) is 0 Å². The fourth-order valence-corrected chi connectivity index (χ4v) is 1.54. The van der Waals surface area contributed by atoms with E-state index in [1.54, 1.807) is 25.6 Å². The molecule has 0 aliphatic rings. The molecule has 1 amide bonds. The van der Waals surface area contributed by atoms with E-state index in [4.69, 9.17) is 4.74 Å². The van der Waals surface area contributed by atoms with Crippen LogP contribution in [0.25, 0.3) is 6.08 Å². The molecule has 2 N–H and O–H groups in total. The molecule has 2 rings (SSSR count). The Labute approximate surface area is 111 Å². The number of nitrogens with zero attached hydrogens (tertiary/aromatic N) is 1. The molecule has 0 atom stereocenters. The van der Waals surface area contributed by atoms with Crippen molar-refractivity contribution in [3.05, 3.63) is 54.1 Å². The molecule has 0 aliphatic heterocycles. The SMILES string of the molecule is COc1cccc(C=CC(=O)NCc2ncc[nH]2)c1. The fourth-order valence-electron chi connectivity index (χ4n) is 1.54. The second-order valence-corrected chi connectivity index (χ2v) is 3.86. The summed E-state index contributed by atoms with van der Waals surface area (Å²) in [6.07, 6.45) is 6.58. The Morgan fingerprint density at radius 2 is 2.42 bits per heavy atom. The van der Waals surface area contributed by atoms with Crippen molar-refractivity contribution in [2.45, 2.75) is 6.54 Å². The van der Waals surface area contributed by atoms with Gasteiger partial charge in [-0.3, -0.25) is 4.79 Å². The molecule has 1 aromatic carbocycles. The van der Waals surface area contributed by atoms with E-state index in [0.717, 1.165) is 17.1 Å². The third kappa shape index (κ3) is 3.99. The van der Waals surface area contributed by atoms with Crippen LogP contribution in [0.1, 0.15) is 11.4 Å². The van der Waals surface area contributed by atoms with E-state index in [1.165, 1.54) is 6.08 Å². The highest BCUT2D eigenvalue weighted by atomic mass is 16.5. The molecule has 2 aromatic rings. The molecule has 0 saturated heterocycles. The maximum atomic E-state index is 11.6.